The molecule has 1 atom stereocenters. The molecule has 2 aromatic heterocycles. The van der Waals surface area contributed by atoms with Gasteiger partial charge in [0.15, 0.2) is 11.0 Å². The van der Waals surface area contributed by atoms with Gasteiger partial charge in [-0.05, 0) is 57.2 Å². The van der Waals surface area contributed by atoms with Crippen LogP contribution in [0, 0.1) is 10.1 Å². The minimum absolute atomic E-state index is 0.0946. The van der Waals surface area contributed by atoms with Crippen LogP contribution in [0.4, 0.5) is 10.7 Å². The van der Waals surface area contributed by atoms with Gasteiger partial charge in [0.1, 0.15) is 5.00 Å². The van der Waals surface area contributed by atoms with Crippen molar-refractivity contribution >= 4 is 51.6 Å². The summed E-state index contributed by atoms with van der Waals surface area (Å²) in [5.41, 5.74) is 1.63. The third kappa shape index (κ3) is 7.11. The SMILES string of the molecule is CCCCn1c(CNC(=O)c2ccc([N+](=O)[O-])cc2)nnc1S[C@H](C)C(=O)Nc1sc2c(c1C(=O)OCC)CCC2. The normalized spacial score (nSPS) is 13.0. The van der Waals surface area contributed by atoms with Crippen molar-refractivity contribution in [3.63, 3.8) is 0 Å². The largest absolute Gasteiger partial charge is 0.462 e. The van der Waals surface area contributed by atoms with Gasteiger partial charge in [-0.2, -0.15) is 0 Å². The monoisotopic (exact) mass is 600 g/mol. The van der Waals surface area contributed by atoms with Gasteiger partial charge < -0.3 is 19.9 Å². The maximum Gasteiger partial charge on any atom is 0.341 e. The molecular formula is C27H32N6O6S2. The summed E-state index contributed by atoms with van der Waals surface area (Å²) in [4.78, 5) is 49.9. The number of thiophene rings is 1. The molecule has 0 bridgehead atoms. The molecule has 4 rings (SSSR count). The summed E-state index contributed by atoms with van der Waals surface area (Å²) < 4.78 is 7.15. The van der Waals surface area contributed by atoms with E-state index in [9.17, 15) is 24.5 Å². The molecular weight excluding hydrogens is 568 g/mol. The van der Waals surface area contributed by atoms with Crippen molar-refractivity contribution < 1.29 is 24.0 Å². The maximum atomic E-state index is 13.2. The van der Waals surface area contributed by atoms with Crippen molar-refractivity contribution in [2.75, 3.05) is 11.9 Å². The summed E-state index contributed by atoms with van der Waals surface area (Å²) in [7, 11) is 0. The fourth-order valence-corrected chi connectivity index (χ4v) is 6.58. The van der Waals surface area contributed by atoms with E-state index < -0.39 is 22.0 Å². The number of ether oxygens (including phenoxy) is 1. The number of non-ortho nitro benzene ring substituents is 1. The van der Waals surface area contributed by atoms with Crippen LogP contribution in [0.1, 0.15) is 77.0 Å². The van der Waals surface area contributed by atoms with Crippen LogP contribution in [0.25, 0.3) is 0 Å². The zero-order valence-corrected chi connectivity index (χ0v) is 24.7. The second-order valence-electron chi connectivity index (χ2n) is 9.42. The Morgan fingerprint density at radius 1 is 1.20 bits per heavy atom. The number of unbranched alkanes of at least 4 members (excludes halogenated alkanes) is 1. The van der Waals surface area contributed by atoms with Gasteiger partial charge in [-0.25, -0.2) is 4.79 Å². The fraction of sp³-hybridized carbons (Fsp3) is 0.444. The lowest BCUT2D eigenvalue weighted by molar-refractivity contribution is -0.384. The number of anilines is 1. The highest BCUT2D eigenvalue weighted by atomic mass is 32.2. The molecule has 3 aromatic rings. The van der Waals surface area contributed by atoms with Crippen molar-refractivity contribution in [1.29, 1.82) is 0 Å². The smallest absolute Gasteiger partial charge is 0.341 e. The van der Waals surface area contributed by atoms with Gasteiger partial charge >= 0.3 is 5.97 Å². The van der Waals surface area contributed by atoms with E-state index in [2.05, 4.69) is 27.8 Å². The topological polar surface area (TPSA) is 158 Å². The number of nitro groups is 1. The quantitative estimate of drug-likeness (QED) is 0.122. The summed E-state index contributed by atoms with van der Waals surface area (Å²) in [6.07, 6.45) is 4.44. The number of nitrogens with zero attached hydrogens (tertiary/aromatic N) is 4. The lowest BCUT2D eigenvalue weighted by Crippen LogP contribution is -2.25. The highest BCUT2D eigenvalue weighted by molar-refractivity contribution is 8.00. The second kappa shape index (κ2) is 13.7. The first-order chi connectivity index (χ1) is 19.7. The number of esters is 1. The molecule has 12 nitrogen and oxygen atoms in total. The minimum atomic E-state index is -0.547. The number of nitrogens with one attached hydrogen (secondary N) is 2. The third-order valence-electron chi connectivity index (χ3n) is 6.57. The molecule has 2 heterocycles. The fourth-order valence-electron chi connectivity index (χ4n) is 4.41. The van der Waals surface area contributed by atoms with Crippen LogP contribution in [0.5, 0.6) is 0 Å². The van der Waals surface area contributed by atoms with E-state index in [4.69, 9.17) is 4.74 Å². The zero-order chi connectivity index (χ0) is 29.5. The Kier molecular flexibility index (Phi) is 10.1. The van der Waals surface area contributed by atoms with Gasteiger partial charge in [-0.15, -0.1) is 21.5 Å². The van der Waals surface area contributed by atoms with Crippen molar-refractivity contribution in [1.82, 2.24) is 20.1 Å². The highest BCUT2D eigenvalue weighted by Crippen LogP contribution is 2.40. The molecule has 1 aliphatic carbocycles. The number of fused-ring (bicyclic) bond motifs is 1. The van der Waals surface area contributed by atoms with E-state index in [1.807, 2.05) is 4.57 Å². The van der Waals surface area contributed by atoms with Crippen LogP contribution in [-0.4, -0.2) is 49.3 Å². The van der Waals surface area contributed by atoms with Crippen LogP contribution in [-0.2, 0) is 35.5 Å². The molecule has 14 heteroatoms. The molecule has 0 saturated heterocycles. The number of aromatic nitrogens is 3. The number of rotatable bonds is 13. The van der Waals surface area contributed by atoms with E-state index in [1.54, 1.807) is 13.8 Å². The number of benzene rings is 1. The molecule has 0 spiro atoms. The lowest BCUT2D eigenvalue weighted by atomic mass is 10.1. The van der Waals surface area contributed by atoms with E-state index in [0.717, 1.165) is 42.5 Å². The Morgan fingerprint density at radius 3 is 2.63 bits per heavy atom. The summed E-state index contributed by atoms with van der Waals surface area (Å²) >= 11 is 2.68. The van der Waals surface area contributed by atoms with Gasteiger partial charge in [0.2, 0.25) is 5.91 Å². The molecule has 0 unspecified atom stereocenters. The number of hydrogen-bond donors (Lipinski definition) is 2. The van der Waals surface area contributed by atoms with Crippen LogP contribution in [0.15, 0.2) is 29.4 Å². The first kappa shape index (κ1) is 30.2. The molecule has 218 valence electrons. The van der Waals surface area contributed by atoms with Gasteiger partial charge in [-0.1, -0.05) is 25.1 Å². The van der Waals surface area contributed by atoms with Crippen molar-refractivity contribution in [2.45, 2.75) is 76.4 Å². The average molecular weight is 601 g/mol. The van der Waals surface area contributed by atoms with E-state index in [1.165, 1.54) is 47.4 Å². The van der Waals surface area contributed by atoms with Gasteiger partial charge in [0.05, 0.1) is 28.9 Å². The van der Waals surface area contributed by atoms with Crippen molar-refractivity contribution in [2.24, 2.45) is 0 Å². The second-order valence-corrected chi connectivity index (χ2v) is 11.8. The van der Waals surface area contributed by atoms with Crippen LogP contribution < -0.4 is 10.6 Å². The molecule has 1 aliphatic rings. The number of hydrogen-bond acceptors (Lipinski definition) is 10. The molecule has 41 heavy (non-hydrogen) atoms. The van der Waals surface area contributed by atoms with Crippen LogP contribution in [0.3, 0.4) is 0 Å². The molecule has 0 aliphatic heterocycles. The van der Waals surface area contributed by atoms with Crippen molar-refractivity contribution in [3.05, 3.63) is 61.8 Å². The summed E-state index contributed by atoms with van der Waals surface area (Å²) in [6, 6.07) is 5.34. The molecule has 0 saturated carbocycles. The average Bonchev–Trinajstić information content (AvgIpc) is 3.65. The number of carbonyl (C=O) groups excluding carboxylic acids is 3. The highest BCUT2D eigenvalue weighted by Gasteiger charge is 2.30. The molecule has 1 aromatic carbocycles. The predicted octanol–water partition coefficient (Wildman–Crippen LogP) is 4.76. The number of carbonyl (C=O) groups is 3. The van der Waals surface area contributed by atoms with E-state index in [0.29, 0.717) is 28.1 Å². The number of thioether (sulfide) groups is 1. The van der Waals surface area contributed by atoms with Gasteiger partial charge in [-0.3, -0.25) is 19.7 Å². The Hall–Kier alpha value is -3.78. The van der Waals surface area contributed by atoms with Crippen LogP contribution in [0.2, 0.25) is 0 Å². The van der Waals surface area contributed by atoms with Gasteiger partial charge in [0.25, 0.3) is 11.6 Å². The van der Waals surface area contributed by atoms with E-state index in [-0.39, 0.29) is 30.3 Å². The molecule has 0 radical (unpaired) electrons. The first-order valence-electron chi connectivity index (χ1n) is 13.5. The molecule has 2 N–H and O–H groups in total. The summed E-state index contributed by atoms with van der Waals surface area (Å²) in [5, 5.41) is 25.7. The van der Waals surface area contributed by atoms with Crippen molar-refractivity contribution in [3.8, 4) is 0 Å². The molecule has 0 fully saturated rings. The Labute approximate surface area is 245 Å². The summed E-state index contributed by atoms with van der Waals surface area (Å²) in [5.74, 6) is -0.545. The number of nitro benzene ring substituents is 1. The van der Waals surface area contributed by atoms with Crippen LogP contribution >= 0.6 is 23.1 Å². The minimum Gasteiger partial charge on any atom is -0.462 e. The molecule has 2 amide bonds. The zero-order valence-electron chi connectivity index (χ0n) is 23.1. The van der Waals surface area contributed by atoms with Gasteiger partial charge in [0, 0.05) is 29.1 Å². The number of aryl methyl sites for hydroxylation is 1. The number of amides is 2. The third-order valence-corrected chi connectivity index (χ3v) is 8.85. The maximum absolute atomic E-state index is 13.2. The first-order valence-corrected chi connectivity index (χ1v) is 15.2. The Balaban J connectivity index is 1.44. The van der Waals surface area contributed by atoms with E-state index >= 15 is 0 Å². The lowest BCUT2D eigenvalue weighted by Gasteiger charge is -2.14. The Bertz CT molecular complexity index is 1430. The standard InChI is InChI=1S/C27H32N6O6S2/c1-4-6-14-32-21(15-28-24(35)17-10-12-18(13-11-17)33(37)38)30-31-27(32)40-16(3)23(34)29-25-22(26(36)39-5-2)19-8-7-9-20(19)41-25/h10-13,16H,4-9,14-15H2,1-3H3,(H,28,35)(H,29,34)/t16-/m1/s1. The predicted molar refractivity (Wildman–Crippen MR) is 155 cm³/mol. The Morgan fingerprint density at radius 2 is 1.95 bits per heavy atom. The summed E-state index contributed by atoms with van der Waals surface area (Å²) in [6.45, 7) is 6.53.